The molecule has 0 N–H and O–H groups in total. The van der Waals surface area contributed by atoms with E-state index in [0.717, 1.165) is 22.4 Å². The Hall–Kier alpha value is -2.01. The van der Waals surface area contributed by atoms with Crippen molar-refractivity contribution in [3.8, 4) is 17.2 Å². The minimum atomic E-state index is 0.306. The smallest absolute Gasteiger partial charge is 0.128 e. The molecule has 0 saturated carbocycles. The summed E-state index contributed by atoms with van der Waals surface area (Å²) in [6.07, 6.45) is 2.06. The lowest BCUT2D eigenvalue weighted by atomic mass is 10.0. The van der Waals surface area contributed by atoms with E-state index in [-0.39, 0.29) is 0 Å². The summed E-state index contributed by atoms with van der Waals surface area (Å²) in [5, 5.41) is 9.35. The van der Waals surface area contributed by atoms with Crippen LogP contribution in [0, 0.1) is 18.3 Å². The van der Waals surface area contributed by atoms with Gasteiger partial charge in [0, 0.05) is 17.8 Å². The molecule has 2 rings (SSSR count). The molecule has 2 heteroatoms. The van der Waals surface area contributed by atoms with Crippen molar-refractivity contribution < 1.29 is 0 Å². The lowest BCUT2D eigenvalue weighted by Gasteiger charge is -2.09. The van der Waals surface area contributed by atoms with Crippen molar-refractivity contribution in [1.82, 2.24) is 4.57 Å². The van der Waals surface area contributed by atoms with Crippen LogP contribution in [0.3, 0.4) is 0 Å². The number of hydrogen-bond acceptors (Lipinski definition) is 1. The summed E-state index contributed by atoms with van der Waals surface area (Å²) in [4.78, 5) is 0. The first-order chi connectivity index (χ1) is 8.15. The Morgan fingerprint density at radius 3 is 2.35 bits per heavy atom. The average Bonchev–Trinajstić information content (AvgIpc) is 2.67. The number of aryl methyl sites for hydroxylation is 1. The fourth-order valence-electron chi connectivity index (χ4n) is 2.14. The van der Waals surface area contributed by atoms with Gasteiger partial charge < -0.3 is 4.57 Å². The Labute approximate surface area is 102 Å². The molecule has 2 aromatic rings. The molecule has 17 heavy (non-hydrogen) atoms. The first kappa shape index (κ1) is 11.5. The highest BCUT2D eigenvalue weighted by molar-refractivity contribution is 5.73. The van der Waals surface area contributed by atoms with Gasteiger partial charge in [-0.1, -0.05) is 30.3 Å². The van der Waals surface area contributed by atoms with Crippen LogP contribution in [-0.2, 0) is 0 Å². The molecule has 0 aliphatic carbocycles. The minimum Gasteiger partial charge on any atom is -0.336 e. The lowest BCUT2D eigenvalue weighted by molar-refractivity contribution is 0.597. The van der Waals surface area contributed by atoms with Gasteiger partial charge in [0.2, 0.25) is 0 Å². The van der Waals surface area contributed by atoms with Crippen molar-refractivity contribution in [2.75, 3.05) is 0 Å². The molecule has 0 atom stereocenters. The van der Waals surface area contributed by atoms with Crippen LogP contribution in [0.15, 0.2) is 36.5 Å². The predicted octanol–water partition coefficient (Wildman–Crippen LogP) is 3.92. The highest BCUT2D eigenvalue weighted by atomic mass is 15.0. The Morgan fingerprint density at radius 1 is 1.18 bits per heavy atom. The Kier molecular flexibility index (Phi) is 3.01. The number of nitrogens with zero attached hydrogens (tertiary/aromatic N) is 2. The summed E-state index contributed by atoms with van der Waals surface area (Å²) in [5.74, 6) is 0. The molecule has 0 amide bonds. The molecule has 0 aliphatic rings. The molecule has 0 unspecified atom stereocenters. The van der Waals surface area contributed by atoms with Crippen molar-refractivity contribution >= 4 is 0 Å². The number of hydrogen-bond donors (Lipinski definition) is 0. The summed E-state index contributed by atoms with van der Waals surface area (Å²) < 4.78 is 2.04. The van der Waals surface area contributed by atoms with Gasteiger partial charge in [-0.15, -0.1) is 0 Å². The van der Waals surface area contributed by atoms with Gasteiger partial charge in [-0.25, -0.2) is 0 Å². The molecule has 0 spiro atoms. The highest BCUT2D eigenvalue weighted by Crippen LogP contribution is 2.30. The molecule has 1 heterocycles. The van der Waals surface area contributed by atoms with E-state index in [1.54, 1.807) is 0 Å². The quantitative estimate of drug-likeness (QED) is 0.760. The van der Waals surface area contributed by atoms with Crippen LogP contribution in [0.5, 0.6) is 0 Å². The zero-order chi connectivity index (χ0) is 12.4. The van der Waals surface area contributed by atoms with E-state index in [2.05, 4.69) is 33.0 Å². The van der Waals surface area contributed by atoms with Gasteiger partial charge in [0.15, 0.2) is 0 Å². The number of rotatable bonds is 2. The first-order valence-corrected chi connectivity index (χ1v) is 5.82. The molecule has 86 valence electrons. The molecule has 0 fully saturated rings. The monoisotopic (exact) mass is 224 g/mol. The van der Waals surface area contributed by atoms with Gasteiger partial charge in [0.25, 0.3) is 0 Å². The number of nitriles is 1. The first-order valence-electron chi connectivity index (χ1n) is 5.82. The van der Waals surface area contributed by atoms with Crippen molar-refractivity contribution in [1.29, 1.82) is 5.26 Å². The third-order valence-corrected chi connectivity index (χ3v) is 2.95. The molecule has 0 aliphatic heterocycles. The second-order valence-electron chi connectivity index (χ2n) is 4.51. The van der Waals surface area contributed by atoms with Crippen molar-refractivity contribution in [2.24, 2.45) is 0 Å². The van der Waals surface area contributed by atoms with Crippen LogP contribution in [0.1, 0.15) is 31.1 Å². The SMILES string of the molecule is Cc1cn(C(C)C)c(C#N)c1-c1ccccc1. The van der Waals surface area contributed by atoms with Gasteiger partial charge >= 0.3 is 0 Å². The van der Waals surface area contributed by atoms with E-state index < -0.39 is 0 Å². The second-order valence-corrected chi connectivity index (χ2v) is 4.51. The van der Waals surface area contributed by atoms with Crippen molar-refractivity contribution in [3.05, 3.63) is 47.8 Å². The van der Waals surface area contributed by atoms with E-state index >= 15 is 0 Å². The molecule has 0 bridgehead atoms. The average molecular weight is 224 g/mol. The third-order valence-electron chi connectivity index (χ3n) is 2.95. The van der Waals surface area contributed by atoms with Crippen LogP contribution in [0.25, 0.3) is 11.1 Å². The summed E-state index contributed by atoms with van der Waals surface area (Å²) >= 11 is 0. The second kappa shape index (κ2) is 4.47. The Morgan fingerprint density at radius 2 is 1.82 bits per heavy atom. The van der Waals surface area contributed by atoms with E-state index in [0.29, 0.717) is 6.04 Å². The van der Waals surface area contributed by atoms with Crippen LogP contribution in [0.2, 0.25) is 0 Å². The van der Waals surface area contributed by atoms with Crippen LogP contribution in [0.4, 0.5) is 0 Å². The lowest BCUT2D eigenvalue weighted by Crippen LogP contribution is -2.01. The van der Waals surface area contributed by atoms with Gasteiger partial charge in [-0.2, -0.15) is 5.26 Å². The van der Waals surface area contributed by atoms with Crippen molar-refractivity contribution in [3.63, 3.8) is 0 Å². The minimum absolute atomic E-state index is 0.306. The Balaban J connectivity index is 2.67. The number of aromatic nitrogens is 1. The van der Waals surface area contributed by atoms with Crippen LogP contribution >= 0.6 is 0 Å². The van der Waals surface area contributed by atoms with Crippen LogP contribution < -0.4 is 0 Å². The third kappa shape index (κ3) is 1.97. The van der Waals surface area contributed by atoms with Gasteiger partial charge in [-0.3, -0.25) is 0 Å². The molecular formula is C15H16N2. The van der Waals surface area contributed by atoms with E-state index in [1.807, 2.05) is 34.9 Å². The van der Waals surface area contributed by atoms with Gasteiger partial charge in [0.05, 0.1) is 0 Å². The van der Waals surface area contributed by atoms with Crippen molar-refractivity contribution in [2.45, 2.75) is 26.8 Å². The summed E-state index contributed by atoms with van der Waals surface area (Å²) in [6.45, 7) is 6.24. The molecule has 0 saturated heterocycles. The fraction of sp³-hybridized carbons (Fsp3) is 0.267. The summed E-state index contributed by atoms with van der Waals surface area (Å²) in [7, 11) is 0. The van der Waals surface area contributed by atoms with Gasteiger partial charge in [-0.05, 0) is 31.9 Å². The summed E-state index contributed by atoms with van der Waals surface area (Å²) in [6, 6.07) is 12.7. The molecule has 2 nitrogen and oxygen atoms in total. The normalized spacial score (nSPS) is 10.5. The molecule has 1 aromatic heterocycles. The largest absolute Gasteiger partial charge is 0.336 e. The molecule has 1 aromatic carbocycles. The molecular weight excluding hydrogens is 208 g/mol. The molecule has 0 radical (unpaired) electrons. The highest BCUT2D eigenvalue weighted by Gasteiger charge is 2.15. The fourth-order valence-corrected chi connectivity index (χ4v) is 2.14. The Bertz CT molecular complexity index is 557. The zero-order valence-electron chi connectivity index (χ0n) is 10.4. The standard InChI is InChI=1S/C15H16N2/c1-11(2)17-10-12(3)15(14(17)9-16)13-7-5-4-6-8-13/h4-8,10-11H,1-3H3. The van der Waals surface area contributed by atoms with E-state index in [4.69, 9.17) is 0 Å². The number of benzene rings is 1. The maximum absolute atomic E-state index is 9.35. The van der Waals surface area contributed by atoms with Crippen LogP contribution in [-0.4, -0.2) is 4.57 Å². The van der Waals surface area contributed by atoms with E-state index in [1.165, 1.54) is 0 Å². The predicted molar refractivity (Wildman–Crippen MR) is 69.7 cm³/mol. The van der Waals surface area contributed by atoms with E-state index in [9.17, 15) is 5.26 Å². The topological polar surface area (TPSA) is 28.7 Å². The maximum Gasteiger partial charge on any atom is 0.128 e. The van der Waals surface area contributed by atoms with Gasteiger partial charge in [0.1, 0.15) is 11.8 Å². The maximum atomic E-state index is 9.35. The zero-order valence-corrected chi connectivity index (χ0v) is 10.4. The summed E-state index contributed by atoms with van der Waals surface area (Å²) in [5.41, 5.74) is 4.08.